The lowest BCUT2D eigenvalue weighted by molar-refractivity contribution is -0.141. The van der Waals surface area contributed by atoms with Crippen molar-refractivity contribution in [2.24, 2.45) is 0 Å². The molecule has 1 aromatic rings. The van der Waals surface area contributed by atoms with Gasteiger partial charge in [0.25, 0.3) is 0 Å². The highest BCUT2D eigenvalue weighted by molar-refractivity contribution is 5.91. The van der Waals surface area contributed by atoms with Gasteiger partial charge in [-0.2, -0.15) is 0 Å². The highest BCUT2D eigenvalue weighted by atomic mass is 16.5. The summed E-state index contributed by atoms with van der Waals surface area (Å²) in [5.41, 5.74) is 1.65. The van der Waals surface area contributed by atoms with Crippen LogP contribution in [0.3, 0.4) is 0 Å². The van der Waals surface area contributed by atoms with E-state index in [2.05, 4.69) is 0 Å². The zero-order valence-electron chi connectivity index (χ0n) is 16.4. The van der Waals surface area contributed by atoms with Gasteiger partial charge in [0, 0.05) is 5.57 Å². The minimum atomic E-state index is -0.527. The van der Waals surface area contributed by atoms with Crippen molar-refractivity contribution in [3.05, 3.63) is 53.1 Å². The highest BCUT2D eigenvalue weighted by Gasteiger charge is 2.13. The van der Waals surface area contributed by atoms with E-state index >= 15 is 0 Å². The van der Waals surface area contributed by atoms with Crippen molar-refractivity contribution < 1.29 is 28.5 Å². The quantitative estimate of drug-likeness (QED) is 0.485. The molecule has 0 heterocycles. The standard InChI is InChI=1S/C21H26O6/c1-6-15(3)20(22)27-14-17(7-2)21(23)26-12-8-9-16-10-11-18(24-4)19(13-16)25-5/h6-11,13H,12,14H2,1-5H3/b9-8+,15-6-,17-7-. The summed E-state index contributed by atoms with van der Waals surface area (Å²) >= 11 is 0. The zero-order chi connectivity index (χ0) is 20.2. The minimum Gasteiger partial charge on any atom is -0.493 e. The first-order valence-corrected chi connectivity index (χ1v) is 8.47. The molecular formula is C21H26O6. The first kappa shape index (κ1) is 22.0. The average Bonchev–Trinajstić information content (AvgIpc) is 2.70. The normalized spacial score (nSPS) is 12.0. The Morgan fingerprint density at radius 3 is 2.26 bits per heavy atom. The molecule has 6 nitrogen and oxygen atoms in total. The fraction of sp³-hybridized carbons (Fsp3) is 0.333. The van der Waals surface area contributed by atoms with E-state index in [0.717, 1.165) is 5.56 Å². The van der Waals surface area contributed by atoms with Crippen LogP contribution in [0.5, 0.6) is 11.5 Å². The molecule has 0 fully saturated rings. The van der Waals surface area contributed by atoms with Crippen LogP contribution in [0.15, 0.2) is 47.6 Å². The lowest BCUT2D eigenvalue weighted by Crippen LogP contribution is -2.16. The predicted molar refractivity (Wildman–Crippen MR) is 104 cm³/mol. The summed E-state index contributed by atoms with van der Waals surface area (Å²) in [6.07, 6.45) is 6.73. The molecule has 0 radical (unpaired) electrons. The Morgan fingerprint density at radius 2 is 1.67 bits per heavy atom. The number of benzene rings is 1. The largest absolute Gasteiger partial charge is 0.493 e. The molecule has 6 heteroatoms. The van der Waals surface area contributed by atoms with Gasteiger partial charge in [0.1, 0.15) is 13.2 Å². The Hall–Kier alpha value is -3.02. The van der Waals surface area contributed by atoms with Gasteiger partial charge < -0.3 is 18.9 Å². The van der Waals surface area contributed by atoms with Gasteiger partial charge in [-0.3, -0.25) is 0 Å². The molecule has 1 aromatic carbocycles. The number of methoxy groups -OCH3 is 2. The third-order valence-corrected chi connectivity index (χ3v) is 3.75. The molecule has 0 bridgehead atoms. The molecule has 0 N–H and O–H groups in total. The van der Waals surface area contributed by atoms with Crippen molar-refractivity contribution in [3.8, 4) is 11.5 Å². The molecule has 146 valence electrons. The maximum Gasteiger partial charge on any atom is 0.337 e. The van der Waals surface area contributed by atoms with E-state index in [1.165, 1.54) is 0 Å². The Balaban J connectivity index is 2.55. The van der Waals surface area contributed by atoms with E-state index in [9.17, 15) is 9.59 Å². The van der Waals surface area contributed by atoms with Crippen molar-refractivity contribution in [2.75, 3.05) is 27.4 Å². The second-order valence-electron chi connectivity index (χ2n) is 5.48. The molecule has 27 heavy (non-hydrogen) atoms. The van der Waals surface area contributed by atoms with Crippen LogP contribution in [0.2, 0.25) is 0 Å². The molecule has 0 amide bonds. The summed E-state index contributed by atoms with van der Waals surface area (Å²) < 4.78 is 20.7. The molecule has 0 aromatic heterocycles. The van der Waals surface area contributed by atoms with Crippen LogP contribution < -0.4 is 9.47 Å². The van der Waals surface area contributed by atoms with Gasteiger partial charge >= 0.3 is 11.9 Å². The van der Waals surface area contributed by atoms with E-state index in [4.69, 9.17) is 18.9 Å². The fourth-order valence-corrected chi connectivity index (χ4v) is 1.99. The SMILES string of the molecule is C/C=C(/C)C(=O)OC/C(=C/C)C(=O)OC/C=C/c1ccc(OC)c(OC)c1. The fourth-order valence-electron chi connectivity index (χ4n) is 1.99. The summed E-state index contributed by atoms with van der Waals surface area (Å²) in [4.78, 5) is 23.7. The number of ether oxygens (including phenoxy) is 4. The van der Waals surface area contributed by atoms with Crippen LogP contribution in [-0.4, -0.2) is 39.4 Å². The molecule has 0 atom stereocenters. The summed E-state index contributed by atoms with van der Waals surface area (Å²) in [5.74, 6) is 0.269. The van der Waals surface area contributed by atoms with Crippen LogP contribution in [0.4, 0.5) is 0 Å². The van der Waals surface area contributed by atoms with Gasteiger partial charge in [-0.15, -0.1) is 0 Å². The Labute approximate surface area is 160 Å². The van der Waals surface area contributed by atoms with Crippen molar-refractivity contribution in [3.63, 3.8) is 0 Å². The maximum atomic E-state index is 12.1. The van der Waals surface area contributed by atoms with Crippen molar-refractivity contribution in [1.82, 2.24) is 0 Å². The number of esters is 2. The summed E-state index contributed by atoms with van der Waals surface area (Å²) in [6, 6.07) is 5.47. The summed E-state index contributed by atoms with van der Waals surface area (Å²) in [7, 11) is 3.14. The molecule has 0 aliphatic rings. The number of allylic oxidation sites excluding steroid dienone is 2. The number of rotatable bonds is 9. The lowest BCUT2D eigenvalue weighted by atomic mass is 10.2. The Bertz CT molecular complexity index is 743. The van der Waals surface area contributed by atoms with Gasteiger partial charge in [0.05, 0.1) is 19.8 Å². The third-order valence-electron chi connectivity index (χ3n) is 3.75. The van der Waals surface area contributed by atoms with Crippen LogP contribution in [0.25, 0.3) is 6.08 Å². The van der Waals surface area contributed by atoms with Gasteiger partial charge in [-0.05, 0) is 44.5 Å². The van der Waals surface area contributed by atoms with Gasteiger partial charge in [-0.25, -0.2) is 9.59 Å². The lowest BCUT2D eigenvalue weighted by Gasteiger charge is -2.08. The van der Waals surface area contributed by atoms with Gasteiger partial charge in [-0.1, -0.05) is 24.3 Å². The molecule has 1 rings (SSSR count). The van der Waals surface area contributed by atoms with E-state index in [0.29, 0.717) is 17.1 Å². The van der Waals surface area contributed by atoms with Crippen LogP contribution in [0.1, 0.15) is 26.3 Å². The smallest absolute Gasteiger partial charge is 0.337 e. The number of hydrogen-bond donors (Lipinski definition) is 0. The van der Waals surface area contributed by atoms with E-state index in [1.807, 2.05) is 12.1 Å². The maximum absolute atomic E-state index is 12.1. The molecule has 0 aliphatic carbocycles. The first-order chi connectivity index (χ1) is 13.0. The van der Waals surface area contributed by atoms with E-state index in [-0.39, 0.29) is 18.8 Å². The summed E-state index contributed by atoms with van der Waals surface area (Å²) in [5, 5.41) is 0. The second kappa shape index (κ2) is 11.6. The first-order valence-electron chi connectivity index (χ1n) is 8.47. The molecular weight excluding hydrogens is 348 g/mol. The predicted octanol–water partition coefficient (Wildman–Crippen LogP) is 3.72. The van der Waals surface area contributed by atoms with E-state index in [1.54, 1.807) is 65.4 Å². The number of carbonyl (C=O) groups excluding carboxylic acids is 2. The Morgan fingerprint density at radius 1 is 0.963 bits per heavy atom. The van der Waals surface area contributed by atoms with Crippen LogP contribution in [-0.2, 0) is 19.1 Å². The highest BCUT2D eigenvalue weighted by Crippen LogP contribution is 2.27. The third kappa shape index (κ3) is 7.01. The second-order valence-corrected chi connectivity index (χ2v) is 5.48. The van der Waals surface area contributed by atoms with Crippen molar-refractivity contribution >= 4 is 18.0 Å². The zero-order valence-corrected chi connectivity index (χ0v) is 16.4. The molecule has 0 saturated heterocycles. The van der Waals surface area contributed by atoms with Crippen LogP contribution >= 0.6 is 0 Å². The molecule has 0 spiro atoms. The molecule has 0 saturated carbocycles. The van der Waals surface area contributed by atoms with Crippen molar-refractivity contribution in [1.29, 1.82) is 0 Å². The monoisotopic (exact) mass is 374 g/mol. The Kier molecular flexibility index (Phi) is 9.43. The molecule has 0 aliphatic heterocycles. The van der Waals surface area contributed by atoms with Gasteiger partial charge in [0.2, 0.25) is 0 Å². The summed E-state index contributed by atoms with van der Waals surface area (Å²) in [6.45, 7) is 5.04. The number of hydrogen-bond acceptors (Lipinski definition) is 6. The average molecular weight is 374 g/mol. The van der Waals surface area contributed by atoms with E-state index < -0.39 is 11.9 Å². The van der Waals surface area contributed by atoms with Crippen LogP contribution in [0, 0.1) is 0 Å². The topological polar surface area (TPSA) is 71.1 Å². The minimum absolute atomic E-state index is 0.0896. The van der Waals surface area contributed by atoms with Crippen molar-refractivity contribution in [2.45, 2.75) is 20.8 Å². The van der Waals surface area contributed by atoms with Gasteiger partial charge in [0.15, 0.2) is 11.5 Å². The molecule has 0 unspecified atom stereocenters. The number of carbonyl (C=O) groups is 2.